The summed E-state index contributed by atoms with van der Waals surface area (Å²) in [6, 6.07) is 10.5. The number of rotatable bonds is 7. The predicted molar refractivity (Wildman–Crippen MR) is 156 cm³/mol. The van der Waals surface area contributed by atoms with Crippen molar-refractivity contribution >= 4 is 34.3 Å². The van der Waals surface area contributed by atoms with E-state index >= 15 is 0 Å². The van der Waals surface area contributed by atoms with Gasteiger partial charge >= 0.3 is 0 Å². The molecule has 2 unspecified atom stereocenters. The number of benzene rings is 2. The Morgan fingerprint density at radius 2 is 1.80 bits per heavy atom. The summed E-state index contributed by atoms with van der Waals surface area (Å²) >= 11 is 0. The molecule has 2 heterocycles. The SMILES string of the molecule is CC1CN(C(=O)C(Cc2c[nH]c3c(C(C)(C)C)cccc23)NC(=O)c2ccc([N+](=O)[O-])cc2)CCN1C(=O)C1CC1. The molecule has 1 saturated carbocycles. The molecular formula is C31H37N5O5. The van der Waals surface area contributed by atoms with Crippen molar-refractivity contribution in [3.63, 3.8) is 0 Å². The molecule has 2 aliphatic rings. The highest BCUT2D eigenvalue weighted by molar-refractivity contribution is 5.98. The number of nitro benzene ring substituents is 1. The standard InChI is InChI=1S/C31H37N5O5/c1-19-18-34(14-15-35(19)29(38)21-8-9-21)30(39)26(33-28(37)20-10-12-23(13-11-20)36(40)41)16-22-17-32-27-24(22)6-5-7-25(27)31(2,3)4/h5-7,10-13,17,19,21,26,32H,8-9,14-16,18H2,1-4H3,(H,33,37). The molecule has 0 bridgehead atoms. The van der Waals surface area contributed by atoms with Crippen LogP contribution in [0.1, 0.15) is 62.0 Å². The van der Waals surface area contributed by atoms with Crippen molar-refractivity contribution in [1.29, 1.82) is 0 Å². The minimum absolute atomic E-state index is 0.0886. The number of H-pyrrole nitrogens is 1. The van der Waals surface area contributed by atoms with Gasteiger partial charge in [-0.3, -0.25) is 24.5 Å². The molecule has 3 amide bonds. The topological polar surface area (TPSA) is 129 Å². The van der Waals surface area contributed by atoms with Gasteiger partial charge in [0.1, 0.15) is 6.04 Å². The lowest BCUT2D eigenvalue weighted by atomic mass is 9.85. The van der Waals surface area contributed by atoms with Crippen molar-refractivity contribution in [2.75, 3.05) is 19.6 Å². The molecule has 10 heteroatoms. The Balaban J connectivity index is 1.40. The molecule has 0 radical (unpaired) electrons. The van der Waals surface area contributed by atoms with Gasteiger partial charge in [0.05, 0.1) is 4.92 Å². The fourth-order valence-electron chi connectivity index (χ4n) is 5.67. The molecule has 10 nitrogen and oxygen atoms in total. The molecule has 2 atom stereocenters. The summed E-state index contributed by atoms with van der Waals surface area (Å²) < 4.78 is 0. The van der Waals surface area contributed by atoms with E-state index in [1.54, 1.807) is 4.90 Å². The predicted octanol–water partition coefficient (Wildman–Crippen LogP) is 4.18. The zero-order chi connectivity index (χ0) is 29.5. The largest absolute Gasteiger partial charge is 0.361 e. The lowest BCUT2D eigenvalue weighted by molar-refractivity contribution is -0.384. The number of hydrogen-bond acceptors (Lipinski definition) is 5. The number of fused-ring (bicyclic) bond motifs is 1. The molecule has 216 valence electrons. The maximum absolute atomic E-state index is 14.0. The van der Waals surface area contributed by atoms with Crippen LogP contribution in [0.5, 0.6) is 0 Å². The number of carbonyl (C=O) groups is 3. The van der Waals surface area contributed by atoms with Crippen LogP contribution in [-0.2, 0) is 21.4 Å². The van der Waals surface area contributed by atoms with Crippen LogP contribution in [0.3, 0.4) is 0 Å². The first-order valence-electron chi connectivity index (χ1n) is 14.2. The van der Waals surface area contributed by atoms with Crippen molar-refractivity contribution in [2.45, 2.75) is 64.5 Å². The van der Waals surface area contributed by atoms with Gasteiger partial charge in [-0.15, -0.1) is 0 Å². The van der Waals surface area contributed by atoms with Crippen molar-refractivity contribution < 1.29 is 19.3 Å². The molecule has 2 fully saturated rings. The van der Waals surface area contributed by atoms with Gasteiger partial charge in [0.25, 0.3) is 11.6 Å². The van der Waals surface area contributed by atoms with E-state index in [0.717, 1.165) is 34.9 Å². The fourth-order valence-corrected chi connectivity index (χ4v) is 5.67. The Morgan fingerprint density at radius 3 is 2.41 bits per heavy atom. The smallest absolute Gasteiger partial charge is 0.269 e. The molecule has 1 saturated heterocycles. The average Bonchev–Trinajstić information content (AvgIpc) is 3.72. The van der Waals surface area contributed by atoms with Gasteiger partial charge in [-0.25, -0.2) is 0 Å². The van der Waals surface area contributed by atoms with Crippen LogP contribution >= 0.6 is 0 Å². The van der Waals surface area contributed by atoms with Gasteiger partial charge in [-0.2, -0.15) is 0 Å². The maximum Gasteiger partial charge on any atom is 0.269 e. The van der Waals surface area contributed by atoms with E-state index < -0.39 is 16.9 Å². The molecule has 41 heavy (non-hydrogen) atoms. The van der Waals surface area contributed by atoms with E-state index in [1.807, 2.05) is 30.2 Å². The minimum Gasteiger partial charge on any atom is -0.361 e. The van der Waals surface area contributed by atoms with E-state index in [1.165, 1.54) is 24.3 Å². The van der Waals surface area contributed by atoms with Gasteiger partial charge in [0.15, 0.2) is 0 Å². The normalized spacial score (nSPS) is 18.3. The Morgan fingerprint density at radius 1 is 1.10 bits per heavy atom. The molecule has 1 aliphatic heterocycles. The highest BCUT2D eigenvalue weighted by Gasteiger charge is 2.39. The third-order valence-electron chi connectivity index (χ3n) is 8.13. The lowest BCUT2D eigenvalue weighted by Gasteiger charge is -2.41. The Bertz CT molecular complexity index is 1480. The van der Waals surface area contributed by atoms with Crippen molar-refractivity contribution in [3.05, 3.63) is 75.5 Å². The lowest BCUT2D eigenvalue weighted by Crippen LogP contribution is -2.59. The molecular weight excluding hydrogens is 522 g/mol. The fraction of sp³-hybridized carbons (Fsp3) is 0.452. The summed E-state index contributed by atoms with van der Waals surface area (Å²) in [5, 5.41) is 15.0. The number of aromatic nitrogens is 1. The second kappa shape index (κ2) is 11.0. The zero-order valence-corrected chi connectivity index (χ0v) is 24.0. The zero-order valence-electron chi connectivity index (χ0n) is 24.0. The first-order chi connectivity index (χ1) is 19.4. The number of para-hydroxylation sites is 1. The summed E-state index contributed by atoms with van der Waals surface area (Å²) in [4.78, 5) is 57.5. The first kappa shape index (κ1) is 28.3. The molecule has 0 spiro atoms. The molecule has 1 aromatic heterocycles. The number of nitrogens with one attached hydrogen (secondary N) is 2. The Hall–Kier alpha value is -4.21. The molecule has 1 aliphatic carbocycles. The van der Waals surface area contributed by atoms with E-state index in [-0.39, 0.29) is 46.9 Å². The summed E-state index contributed by atoms with van der Waals surface area (Å²) in [7, 11) is 0. The Labute approximate surface area is 239 Å². The van der Waals surface area contributed by atoms with E-state index in [4.69, 9.17) is 0 Å². The highest BCUT2D eigenvalue weighted by Crippen LogP contribution is 2.33. The van der Waals surface area contributed by atoms with Crippen LogP contribution in [0, 0.1) is 16.0 Å². The first-order valence-corrected chi connectivity index (χ1v) is 14.2. The van der Waals surface area contributed by atoms with Gasteiger partial charge in [-0.1, -0.05) is 39.0 Å². The number of amides is 3. The summed E-state index contributed by atoms with van der Waals surface area (Å²) in [6.45, 7) is 9.65. The van der Waals surface area contributed by atoms with Crippen LogP contribution in [-0.4, -0.2) is 69.1 Å². The number of carbonyl (C=O) groups excluding carboxylic acids is 3. The van der Waals surface area contributed by atoms with Crippen molar-refractivity contribution in [1.82, 2.24) is 20.1 Å². The van der Waals surface area contributed by atoms with E-state index in [0.29, 0.717) is 19.6 Å². The van der Waals surface area contributed by atoms with Gasteiger partial charge in [-0.05, 0) is 48.4 Å². The van der Waals surface area contributed by atoms with Crippen molar-refractivity contribution in [3.8, 4) is 0 Å². The van der Waals surface area contributed by atoms with Crippen LogP contribution in [0.2, 0.25) is 0 Å². The van der Waals surface area contributed by atoms with Crippen LogP contribution < -0.4 is 5.32 Å². The van der Waals surface area contributed by atoms with Crippen LogP contribution in [0.15, 0.2) is 48.7 Å². The number of aromatic amines is 1. The molecule has 5 rings (SSSR count). The van der Waals surface area contributed by atoms with Gasteiger partial charge < -0.3 is 20.1 Å². The van der Waals surface area contributed by atoms with E-state index in [9.17, 15) is 24.5 Å². The molecule has 2 N–H and O–H groups in total. The highest BCUT2D eigenvalue weighted by atomic mass is 16.6. The van der Waals surface area contributed by atoms with Gasteiger partial charge in [0, 0.05) is 72.8 Å². The van der Waals surface area contributed by atoms with Crippen LogP contribution in [0.25, 0.3) is 10.9 Å². The summed E-state index contributed by atoms with van der Waals surface area (Å²) in [5.74, 6) is -0.412. The van der Waals surface area contributed by atoms with Crippen molar-refractivity contribution in [2.24, 2.45) is 5.92 Å². The third kappa shape index (κ3) is 5.96. The quantitative estimate of drug-likeness (QED) is 0.331. The number of non-ortho nitro benzene ring substituents is 1. The number of hydrogen-bond donors (Lipinski definition) is 2. The minimum atomic E-state index is -0.868. The average molecular weight is 560 g/mol. The number of nitro groups is 1. The monoisotopic (exact) mass is 559 g/mol. The second-order valence-corrected chi connectivity index (χ2v) is 12.3. The van der Waals surface area contributed by atoms with E-state index in [2.05, 4.69) is 37.1 Å². The van der Waals surface area contributed by atoms with Gasteiger partial charge in [0.2, 0.25) is 11.8 Å². The third-order valence-corrected chi connectivity index (χ3v) is 8.13. The Kier molecular flexibility index (Phi) is 7.59. The molecule has 2 aromatic carbocycles. The second-order valence-electron chi connectivity index (χ2n) is 12.3. The maximum atomic E-state index is 14.0. The summed E-state index contributed by atoms with van der Waals surface area (Å²) in [5.41, 5.74) is 3.09. The summed E-state index contributed by atoms with van der Waals surface area (Å²) in [6.07, 6.45) is 4.03. The number of piperazine rings is 1. The van der Waals surface area contributed by atoms with Crippen LogP contribution in [0.4, 0.5) is 5.69 Å². The molecule has 3 aromatic rings. The number of nitrogens with zero attached hydrogens (tertiary/aromatic N) is 3.